The second-order valence-corrected chi connectivity index (χ2v) is 6.77. The van der Waals surface area contributed by atoms with Crippen LogP contribution >= 0.6 is 23.2 Å². The van der Waals surface area contributed by atoms with Crippen LogP contribution in [0.25, 0.3) is 0 Å². The lowest BCUT2D eigenvalue weighted by molar-refractivity contribution is 0.178. The molecule has 2 aromatic rings. The summed E-state index contributed by atoms with van der Waals surface area (Å²) in [5, 5.41) is 3.66. The van der Waals surface area contributed by atoms with Gasteiger partial charge in [-0.25, -0.2) is 14.8 Å². The molecule has 0 aliphatic carbocycles. The fraction of sp³-hybridized carbons (Fsp3) is 0.312. The molecule has 2 aliphatic rings. The monoisotopic (exact) mass is 366 g/mol. The van der Waals surface area contributed by atoms with Crippen molar-refractivity contribution in [2.45, 2.75) is 31.3 Å². The summed E-state index contributed by atoms with van der Waals surface area (Å²) >= 11 is 11.9. The van der Waals surface area contributed by atoms with Crippen molar-refractivity contribution in [3.05, 3.63) is 51.8 Å². The standard InChI is InChI=1S/C16H13Cl2FN4O/c17-11-3-1-8(5-12(11)18)21-16(24)23-9-2-4-14(23)10-7-20-15(19)22-13(10)6-9/h1,3,5,7,9,14H,2,4,6H2,(H,21,24)/t9-,14+/m1/s1. The van der Waals surface area contributed by atoms with Crippen molar-refractivity contribution in [1.82, 2.24) is 14.9 Å². The Kier molecular flexibility index (Phi) is 3.81. The van der Waals surface area contributed by atoms with E-state index in [0.29, 0.717) is 27.8 Å². The predicted molar refractivity (Wildman–Crippen MR) is 88.8 cm³/mol. The molecule has 124 valence electrons. The molecule has 2 bridgehead atoms. The number of fused-ring (bicyclic) bond motifs is 4. The number of anilines is 1. The van der Waals surface area contributed by atoms with Crippen LogP contribution in [0.15, 0.2) is 24.4 Å². The van der Waals surface area contributed by atoms with Gasteiger partial charge in [-0.1, -0.05) is 23.2 Å². The lowest BCUT2D eigenvalue weighted by atomic mass is 10.00. The van der Waals surface area contributed by atoms with Crippen LogP contribution in [0.3, 0.4) is 0 Å². The van der Waals surface area contributed by atoms with Crippen molar-refractivity contribution in [3.63, 3.8) is 0 Å². The molecule has 4 rings (SSSR count). The Morgan fingerprint density at radius 1 is 1.29 bits per heavy atom. The highest BCUT2D eigenvalue weighted by Crippen LogP contribution is 2.43. The molecule has 0 spiro atoms. The highest BCUT2D eigenvalue weighted by molar-refractivity contribution is 6.42. The van der Waals surface area contributed by atoms with Gasteiger partial charge < -0.3 is 10.2 Å². The first-order chi connectivity index (χ1) is 11.5. The maximum Gasteiger partial charge on any atom is 0.322 e. The van der Waals surface area contributed by atoms with Gasteiger partial charge in [-0.15, -0.1) is 0 Å². The van der Waals surface area contributed by atoms with E-state index in [-0.39, 0.29) is 18.1 Å². The van der Waals surface area contributed by atoms with Crippen LogP contribution in [0.1, 0.15) is 30.1 Å². The number of hydrogen-bond donors (Lipinski definition) is 1. The third kappa shape index (κ3) is 2.59. The second kappa shape index (κ2) is 5.86. The predicted octanol–water partition coefficient (Wildman–Crippen LogP) is 4.22. The van der Waals surface area contributed by atoms with Gasteiger partial charge in [-0.2, -0.15) is 4.39 Å². The van der Waals surface area contributed by atoms with Gasteiger partial charge in [-0.05, 0) is 31.0 Å². The Balaban J connectivity index is 1.59. The zero-order chi connectivity index (χ0) is 16.8. The summed E-state index contributed by atoms with van der Waals surface area (Å²) in [6.07, 6.45) is 2.99. The van der Waals surface area contributed by atoms with Crippen molar-refractivity contribution < 1.29 is 9.18 Å². The van der Waals surface area contributed by atoms with E-state index in [1.165, 1.54) is 6.20 Å². The Labute approximate surface area is 147 Å². The van der Waals surface area contributed by atoms with Crippen LogP contribution in [-0.4, -0.2) is 26.9 Å². The smallest absolute Gasteiger partial charge is 0.314 e. The van der Waals surface area contributed by atoms with E-state index in [1.807, 2.05) is 0 Å². The summed E-state index contributed by atoms with van der Waals surface area (Å²) in [6.45, 7) is 0. The number of amides is 2. The maximum atomic E-state index is 13.2. The molecule has 8 heteroatoms. The fourth-order valence-corrected chi connectivity index (χ4v) is 3.82. The van der Waals surface area contributed by atoms with Crippen molar-refractivity contribution in [3.8, 4) is 0 Å². The maximum absolute atomic E-state index is 13.2. The van der Waals surface area contributed by atoms with Gasteiger partial charge in [0.1, 0.15) is 0 Å². The van der Waals surface area contributed by atoms with Crippen molar-refractivity contribution in [2.24, 2.45) is 0 Å². The highest BCUT2D eigenvalue weighted by Gasteiger charge is 2.43. The van der Waals surface area contributed by atoms with Gasteiger partial charge in [0, 0.05) is 29.9 Å². The van der Waals surface area contributed by atoms with Crippen molar-refractivity contribution in [2.75, 3.05) is 5.32 Å². The van der Waals surface area contributed by atoms with Gasteiger partial charge in [0.2, 0.25) is 0 Å². The minimum atomic E-state index is -0.721. The Hall–Kier alpha value is -1.92. The first kappa shape index (κ1) is 15.6. The number of aromatic nitrogens is 2. The Bertz CT molecular complexity index is 832. The number of benzene rings is 1. The van der Waals surface area contributed by atoms with E-state index in [0.717, 1.165) is 18.4 Å². The number of nitrogens with zero attached hydrogens (tertiary/aromatic N) is 3. The summed E-state index contributed by atoms with van der Waals surface area (Å²) in [7, 11) is 0. The molecule has 1 saturated heterocycles. The molecule has 2 amide bonds. The minimum absolute atomic E-state index is 0.0135. The SMILES string of the molecule is O=C(Nc1ccc(Cl)c(Cl)c1)N1[C@@H]2CC[C@H]1c1cnc(F)nc1C2. The quantitative estimate of drug-likeness (QED) is 0.768. The normalized spacial score (nSPS) is 21.5. The van der Waals surface area contributed by atoms with Crippen LogP contribution in [0.5, 0.6) is 0 Å². The Morgan fingerprint density at radius 3 is 2.92 bits per heavy atom. The number of carbonyl (C=O) groups is 1. The number of carbonyl (C=O) groups excluding carboxylic acids is 1. The third-order valence-corrected chi connectivity index (χ3v) is 5.31. The van der Waals surface area contributed by atoms with Gasteiger partial charge in [-0.3, -0.25) is 0 Å². The molecule has 1 aromatic carbocycles. The van der Waals surface area contributed by atoms with Crippen LogP contribution in [0, 0.1) is 6.08 Å². The summed E-state index contributed by atoms with van der Waals surface area (Å²) in [6, 6.07) is 4.62. The molecule has 5 nitrogen and oxygen atoms in total. The summed E-state index contributed by atoms with van der Waals surface area (Å²) < 4.78 is 13.2. The van der Waals surface area contributed by atoms with E-state index in [9.17, 15) is 9.18 Å². The topological polar surface area (TPSA) is 58.1 Å². The van der Waals surface area contributed by atoms with Gasteiger partial charge >= 0.3 is 12.1 Å². The molecular weight excluding hydrogens is 354 g/mol. The molecular formula is C16H13Cl2FN4O. The zero-order valence-electron chi connectivity index (χ0n) is 12.5. The number of rotatable bonds is 1. The number of nitrogens with one attached hydrogen (secondary N) is 1. The van der Waals surface area contributed by atoms with Crippen LogP contribution in [0.4, 0.5) is 14.9 Å². The van der Waals surface area contributed by atoms with Crippen molar-refractivity contribution >= 4 is 34.9 Å². The molecule has 0 unspecified atom stereocenters. The first-order valence-electron chi connectivity index (χ1n) is 7.58. The molecule has 2 aliphatic heterocycles. The Morgan fingerprint density at radius 2 is 2.12 bits per heavy atom. The van der Waals surface area contributed by atoms with Gasteiger partial charge in [0.25, 0.3) is 0 Å². The fourth-order valence-electron chi connectivity index (χ4n) is 3.53. The summed E-state index contributed by atoms with van der Waals surface area (Å²) in [5.41, 5.74) is 2.11. The van der Waals surface area contributed by atoms with E-state index in [1.54, 1.807) is 23.1 Å². The lowest BCUT2D eigenvalue weighted by Crippen LogP contribution is -2.44. The summed E-state index contributed by atoms with van der Waals surface area (Å²) in [5.74, 6) is 0. The average molecular weight is 367 g/mol. The largest absolute Gasteiger partial charge is 0.322 e. The van der Waals surface area contributed by atoms with Crippen molar-refractivity contribution in [1.29, 1.82) is 0 Å². The number of hydrogen-bond acceptors (Lipinski definition) is 3. The molecule has 0 saturated carbocycles. The van der Waals surface area contributed by atoms with Gasteiger partial charge in [0.05, 0.1) is 21.8 Å². The molecule has 1 fully saturated rings. The molecule has 1 aromatic heterocycles. The summed E-state index contributed by atoms with van der Waals surface area (Å²) in [4.78, 5) is 22.0. The first-order valence-corrected chi connectivity index (χ1v) is 8.34. The number of halogens is 3. The average Bonchev–Trinajstić information content (AvgIpc) is 2.86. The lowest BCUT2D eigenvalue weighted by Gasteiger charge is -2.35. The molecule has 24 heavy (non-hydrogen) atoms. The second-order valence-electron chi connectivity index (χ2n) is 5.96. The van der Waals surface area contributed by atoms with Gasteiger partial charge in [0.15, 0.2) is 0 Å². The van der Waals surface area contributed by atoms with E-state index < -0.39 is 6.08 Å². The van der Waals surface area contributed by atoms with E-state index >= 15 is 0 Å². The van der Waals surface area contributed by atoms with Crippen LogP contribution in [-0.2, 0) is 6.42 Å². The third-order valence-electron chi connectivity index (χ3n) is 4.57. The molecule has 3 heterocycles. The van der Waals surface area contributed by atoms with Crippen LogP contribution in [0.2, 0.25) is 10.0 Å². The number of urea groups is 1. The van der Waals surface area contributed by atoms with E-state index in [2.05, 4.69) is 15.3 Å². The van der Waals surface area contributed by atoms with Crippen LogP contribution < -0.4 is 5.32 Å². The minimum Gasteiger partial charge on any atom is -0.314 e. The highest BCUT2D eigenvalue weighted by atomic mass is 35.5. The molecule has 1 N–H and O–H groups in total. The van der Waals surface area contributed by atoms with E-state index in [4.69, 9.17) is 23.2 Å². The molecule has 2 atom stereocenters. The molecule has 0 radical (unpaired) electrons. The zero-order valence-corrected chi connectivity index (χ0v) is 14.0.